The van der Waals surface area contributed by atoms with Crippen molar-refractivity contribution in [1.29, 1.82) is 0 Å². The number of carbonyl (C=O) groups is 2. The maximum atomic E-state index is 12.5. The lowest BCUT2D eigenvalue weighted by Crippen LogP contribution is -2.16. The molecule has 0 saturated carbocycles. The third-order valence-electron chi connectivity index (χ3n) is 3.81. The molecule has 1 aromatic heterocycles. The molecule has 130 valence electrons. The van der Waals surface area contributed by atoms with Crippen LogP contribution in [0.4, 0.5) is 11.4 Å². The van der Waals surface area contributed by atoms with Crippen molar-refractivity contribution < 1.29 is 9.59 Å². The lowest BCUT2D eigenvalue weighted by atomic mass is 10.1. The highest BCUT2D eigenvalue weighted by Crippen LogP contribution is 2.23. The van der Waals surface area contributed by atoms with E-state index in [-0.39, 0.29) is 17.4 Å². The Labute approximate surface area is 156 Å². The van der Waals surface area contributed by atoms with Crippen LogP contribution in [0.15, 0.2) is 67.0 Å². The third kappa shape index (κ3) is 4.07. The number of nitrogens with one attached hydrogen (secondary N) is 2. The van der Waals surface area contributed by atoms with Crippen molar-refractivity contribution in [3.05, 3.63) is 88.7 Å². The van der Waals surface area contributed by atoms with Crippen molar-refractivity contribution in [2.45, 2.75) is 6.92 Å². The highest BCUT2D eigenvalue weighted by Gasteiger charge is 2.13. The second-order valence-electron chi connectivity index (χ2n) is 5.65. The Morgan fingerprint density at radius 2 is 1.54 bits per heavy atom. The summed E-state index contributed by atoms with van der Waals surface area (Å²) in [6, 6.07) is 15.8. The first-order chi connectivity index (χ1) is 12.5. The van der Waals surface area contributed by atoms with Crippen molar-refractivity contribution in [1.82, 2.24) is 4.98 Å². The summed E-state index contributed by atoms with van der Waals surface area (Å²) >= 11 is 6.07. The number of benzene rings is 2. The average molecular weight is 366 g/mol. The minimum absolute atomic E-state index is 0.282. The molecule has 1 heterocycles. The lowest BCUT2D eigenvalue weighted by molar-refractivity contribution is 0.102. The molecule has 0 aliphatic carbocycles. The third-order valence-corrected chi connectivity index (χ3v) is 4.22. The number of amides is 2. The standard InChI is InChI=1S/C20H16ClN3O2/c1-13-17(21)8-5-9-18(13)24-20(26)15-10-14(11-22-12-15)19(25)23-16-6-3-2-4-7-16/h2-12H,1H3,(H,23,25)(H,24,26). The van der Waals surface area contributed by atoms with Gasteiger partial charge in [-0.3, -0.25) is 14.6 Å². The molecule has 2 N–H and O–H groups in total. The van der Waals surface area contributed by atoms with Crippen LogP contribution in [0.3, 0.4) is 0 Å². The molecule has 2 amide bonds. The molecule has 0 bridgehead atoms. The molecule has 0 radical (unpaired) electrons. The van der Waals surface area contributed by atoms with Gasteiger partial charge in [0.05, 0.1) is 11.1 Å². The Kier molecular flexibility index (Phi) is 5.29. The van der Waals surface area contributed by atoms with Gasteiger partial charge in [0.2, 0.25) is 0 Å². The summed E-state index contributed by atoms with van der Waals surface area (Å²) in [5, 5.41) is 6.12. The maximum absolute atomic E-state index is 12.5. The normalized spacial score (nSPS) is 10.2. The van der Waals surface area contributed by atoms with Crippen LogP contribution in [0, 0.1) is 6.92 Å². The summed E-state index contributed by atoms with van der Waals surface area (Å²) in [6.07, 6.45) is 2.83. The summed E-state index contributed by atoms with van der Waals surface area (Å²) in [5.74, 6) is -0.700. The largest absolute Gasteiger partial charge is 0.322 e. The minimum Gasteiger partial charge on any atom is -0.322 e. The van der Waals surface area contributed by atoms with Gasteiger partial charge in [-0.25, -0.2) is 0 Å². The van der Waals surface area contributed by atoms with Gasteiger partial charge in [0.25, 0.3) is 11.8 Å². The molecule has 0 spiro atoms. The first-order valence-corrected chi connectivity index (χ1v) is 8.30. The predicted molar refractivity (Wildman–Crippen MR) is 103 cm³/mol. The van der Waals surface area contributed by atoms with E-state index in [1.807, 2.05) is 25.1 Å². The zero-order chi connectivity index (χ0) is 18.5. The Morgan fingerprint density at radius 3 is 2.23 bits per heavy atom. The lowest BCUT2D eigenvalue weighted by Gasteiger charge is -2.10. The van der Waals surface area contributed by atoms with Crippen molar-refractivity contribution in [3.8, 4) is 0 Å². The molecular weight excluding hydrogens is 350 g/mol. The van der Waals surface area contributed by atoms with Crippen molar-refractivity contribution >= 4 is 34.8 Å². The van der Waals surface area contributed by atoms with Gasteiger partial charge in [-0.2, -0.15) is 0 Å². The van der Waals surface area contributed by atoms with Crippen LogP contribution in [0.2, 0.25) is 5.02 Å². The fraction of sp³-hybridized carbons (Fsp3) is 0.0500. The first-order valence-electron chi connectivity index (χ1n) is 7.92. The van der Waals surface area contributed by atoms with Gasteiger partial charge in [-0.05, 0) is 42.8 Å². The van der Waals surface area contributed by atoms with Crippen LogP contribution >= 0.6 is 11.6 Å². The smallest absolute Gasteiger partial charge is 0.257 e. The predicted octanol–water partition coefficient (Wildman–Crippen LogP) is 4.55. The molecule has 5 nitrogen and oxygen atoms in total. The highest BCUT2D eigenvalue weighted by molar-refractivity contribution is 6.31. The van der Waals surface area contributed by atoms with Gasteiger partial charge in [-0.1, -0.05) is 35.9 Å². The molecule has 0 atom stereocenters. The second kappa shape index (κ2) is 7.80. The molecule has 0 unspecified atom stereocenters. The first kappa shape index (κ1) is 17.6. The maximum Gasteiger partial charge on any atom is 0.257 e. The van der Waals surface area contributed by atoms with E-state index in [0.717, 1.165) is 5.56 Å². The van der Waals surface area contributed by atoms with Gasteiger partial charge in [0.1, 0.15) is 0 Å². The summed E-state index contributed by atoms with van der Waals surface area (Å²) in [5.41, 5.74) is 2.63. The van der Waals surface area contributed by atoms with Gasteiger partial charge < -0.3 is 10.6 Å². The van der Waals surface area contributed by atoms with Crippen LogP contribution in [-0.2, 0) is 0 Å². The average Bonchev–Trinajstić information content (AvgIpc) is 2.66. The van der Waals surface area contributed by atoms with Crippen LogP contribution in [0.5, 0.6) is 0 Å². The Morgan fingerprint density at radius 1 is 0.885 bits per heavy atom. The molecule has 3 aromatic rings. The minimum atomic E-state index is -0.364. The number of hydrogen-bond acceptors (Lipinski definition) is 3. The number of anilines is 2. The zero-order valence-electron chi connectivity index (χ0n) is 14.0. The van der Waals surface area contributed by atoms with Crippen LogP contribution < -0.4 is 10.6 Å². The summed E-state index contributed by atoms with van der Waals surface area (Å²) in [7, 11) is 0. The van der Waals surface area contributed by atoms with E-state index in [1.165, 1.54) is 18.5 Å². The second-order valence-corrected chi connectivity index (χ2v) is 6.06. The number of rotatable bonds is 4. The number of nitrogens with zero attached hydrogens (tertiary/aromatic N) is 1. The monoisotopic (exact) mass is 365 g/mol. The number of hydrogen-bond donors (Lipinski definition) is 2. The van der Waals surface area contributed by atoms with E-state index < -0.39 is 0 Å². The van der Waals surface area contributed by atoms with Crippen LogP contribution in [-0.4, -0.2) is 16.8 Å². The van der Waals surface area contributed by atoms with Crippen LogP contribution in [0.25, 0.3) is 0 Å². The Bertz CT molecular complexity index is 958. The Hall–Kier alpha value is -3.18. The molecule has 0 saturated heterocycles. The summed E-state index contributed by atoms with van der Waals surface area (Å²) in [4.78, 5) is 28.8. The zero-order valence-corrected chi connectivity index (χ0v) is 14.7. The van der Waals surface area contributed by atoms with E-state index >= 15 is 0 Å². The molecule has 0 aliphatic rings. The molecule has 26 heavy (non-hydrogen) atoms. The van der Waals surface area contributed by atoms with Crippen LogP contribution in [0.1, 0.15) is 26.3 Å². The van der Waals surface area contributed by atoms with Gasteiger partial charge >= 0.3 is 0 Å². The van der Waals surface area contributed by atoms with Crippen molar-refractivity contribution in [2.75, 3.05) is 10.6 Å². The summed E-state index contributed by atoms with van der Waals surface area (Å²) < 4.78 is 0. The molecular formula is C20H16ClN3O2. The van der Waals surface area contributed by atoms with Crippen molar-refractivity contribution in [3.63, 3.8) is 0 Å². The number of halogens is 1. The SMILES string of the molecule is Cc1c(Cl)cccc1NC(=O)c1cncc(C(=O)Nc2ccccc2)c1. The highest BCUT2D eigenvalue weighted by atomic mass is 35.5. The number of para-hydroxylation sites is 1. The van der Waals surface area contributed by atoms with E-state index in [1.54, 1.807) is 30.3 Å². The topological polar surface area (TPSA) is 71.1 Å². The van der Waals surface area contributed by atoms with E-state index in [0.29, 0.717) is 22.0 Å². The van der Waals surface area contributed by atoms with Gasteiger partial charge in [0.15, 0.2) is 0 Å². The molecule has 2 aromatic carbocycles. The molecule has 0 fully saturated rings. The fourth-order valence-corrected chi connectivity index (χ4v) is 2.52. The van der Waals surface area contributed by atoms with Gasteiger partial charge in [-0.15, -0.1) is 0 Å². The van der Waals surface area contributed by atoms with E-state index in [9.17, 15) is 9.59 Å². The molecule has 6 heteroatoms. The summed E-state index contributed by atoms with van der Waals surface area (Å²) in [6.45, 7) is 1.82. The molecule has 3 rings (SSSR count). The quantitative estimate of drug-likeness (QED) is 0.712. The van der Waals surface area contributed by atoms with Gasteiger partial charge in [0, 0.05) is 28.8 Å². The number of carbonyl (C=O) groups excluding carboxylic acids is 2. The van der Waals surface area contributed by atoms with Crippen molar-refractivity contribution in [2.24, 2.45) is 0 Å². The van der Waals surface area contributed by atoms with E-state index in [2.05, 4.69) is 15.6 Å². The fourth-order valence-electron chi connectivity index (χ4n) is 2.35. The van der Waals surface area contributed by atoms with E-state index in [4.69, 9.17) is 11.6 Å². The number of pyridine rings is 1. The number of aromatic nitrogens is 1. The Balaban J connectivity index is 1.77. The molecule has 0 aliphatic heterocycles.